The van der Waals surface area contributed by atoms with Gasteiger partial charge in [0.05, 0.1) is 18.8 Å². The number of rotatable bonds is 4. The van der Waals surface area contributed by atoms with E-state index in [2.05, 4.69) is 0 Å². The van der Waals surface area contributed by atoms with Crippen LogP contribution in [0.5, 0.6) is 5.75 Å². The van der Waals surface area contributed by atoms with Gasteiger partial charge in [0.25, 0.3) is 0 Å². The highest BCUT2D eigenvalue weighted by atomic mass is 16.5. The minimum Gasteiger partial charge on any atom is -0.490 e. The highest BCUT2D eigenvalue weighted by Gasteiger charge is 2.16. The molecule has 0 bridgehead atoms. The van der Waals surface area contributed by atoms with Crippen molar-refractivity contribution >= 4 is 0 Å². The first kappa shape index (κ1) is 11.4. The number of aliphatic hydroxyl groups is 1. The molecule has 0 amide bonds. The molecule has 1 atom stereocenters. The summed E-state index contributed by atoms with van der Waals surface area (Å²) in [6.07, 6.45) is 5.27. The van der Waals surface area contributed by atoms with E-state index in [0.29, 0.717) is 6.10 Å². The topological polar surface area (TPSA) is 55.5 Å². The first-order chi connectivity index (χ1) is 7.79. The van der Waals surface area contributed by atoms with Gasteiger partial charge >= 0.3 is 0 Å². The Bertz CT molecular complexity index is 317. The van der Waals surface area contributed by atoms with Gasteiger partial charge in [0, 0.05) is 0 Å². The summed E-state index contributed by atoms with van der Waals surface area (Å²) < 4.78 is 5.84. The molecule has 1 unspecified atom stereocenters. The van der Waals surface area contributed by atoms with Crippen molar-refractivity contribution in [1.29, 1.82) is 0 Å². The van der Waals surface area contributed by atoms with Crippen LogP contribution in [0.1, 0.15) is 37.3 Å². The molecule has 0 saturated heterocycles. The van der Waals surface area contributed by atoms with E-state index in [1.165, 1.54) is 12.8 Å². The molecule has 0 heterocycles. The number of hydrogen-bond acceptors (Lipinski definition) is 3. The zero-order valence-corrected chi connectivity index (χ0v) is 9.43. The van der Waals surface area contributed by atoms with Crippen LogP contribution in [0.25, 0.3) is 0 Å². The van der Waals surface area contributed by atoms with E-state index in [1.54, 1.807) is 0 Å². The standard InChI is InChI=1S/C13H19NO2/c14-13(9-15)10-5-7-12(8-6-10)16-11-3-1-2-4-11/h5-8,11,13,15H,1-4,9,14H2. The molecule has 2 rings (SSSR count). The number of nitrogens with two attached hydrogens (primary N) is 1. The first-order valence-electron chi connectivity index (χ1n) is 5.92. The largest absolute Gasteiger partial charge is 0.490 e. The molecule has 0 aromatic heterocycles. The zero-order chi connectivity index (χ0) is 11.4. The van der Waals surface area contributed by atoms with E-state index >= 15 is 0 Å². The van der Waals surface area contributed by atoms with Gasteiger partial charge in [-0.15, -0.1) is 0 Å². The molecule has 88 valence electrons. The Morgan fingerprint density at radius 3 is 2.44 bits per heavy atom. The summed E-state index contributed by atoms with van der Waals surface area (Å²) in [6, 6.07) is 7.42. The molecule has 1 fully saturated rings. The summed E-state index contributed by atoms with van der Waals surface area (Å²) in [5.41, 5.74) is 6.66. The summed E-state index contributed by atoms with van der Waals surface area (Å²) in [5, 5.41) is 8.93. The van der Waals surface area contributed by atoms with Crippen LogP contribution in [0.4, 0.5) is 0 Å². The molecule has 3 nitrogen and oxygen atoms in total. The van der Waals surface area contributed by atoms with Crippen LogP contribution < -0.4 is 10.5 Å². The predicted molar refractivity (Wildman–Crippen MR) is 63.3 cm³/mol. The highest BCUT2D eigenvalue weighted by Crippen LogP contribution is 2.24. The normalized spacial score (nSPS) is 18.6. The molecular weight excluding hydrogens is 202 g/mol. The third-order valence-corrected chi connectivity index (χ3v) is 3.11. The fourth-order valence-corrected chi connectivity index (χ4v) is 2.10. The number of hydrogen-bond donors (Lipinski definition) is 2. The molecule has 1 aromatic rings. The third kappa shape index (κ3) is 2.74. The minimum absolute atomic E-state index is 0.0250. The molecule has 1 saturated carbocycles. The second kappa shape index (κ2) is 5.32. The minimum atomic E-state index is -0.291. The van der Waals surface area contributed by atoms with Gasteiger partial charge in [-0.3, -0.25) is 0 Å². The van der Waals surface area contributed by atoms with Crippen molar-refractivity contribution in [1.82, 2.24) is 0 Å². The van der Waals surface area contributed by atoms with Gasteiger partial charge in [-0.25, -0.2) is 0 Å². The predicted octanol–water partition coefficient (Wildman–Crippen LogP) is 2.00. The molecule has 1 aliphatic rings. The van der Waals surface area contributed by atoms with Crippen LogP contribution in [-0.4, -0.2) is 17.8 Å². The lowest BCUT2D eigenvalue weighted by molar-refractivity contribution is 0.210. The van der Waals surface area contributed by atoms with E-state index in [9.17, 15) is 0 Å². The molecular formula is C13H19NO2. The average molecular weight is 221 g/mol. The van der Waals surface area contributed by atoms with E-state index in [-0.39, 0.29) is 12.6 Å². The second-order valence-electron chi connectivity index (χ2n) is 4.38. The van der Waals surface area contributed by atoms with Crippen molar-refractivity contribution in [2.45, 2.75) is 37.8 Å². The molecule has 1 aliphatic carbocycles. The molecule has 3 heteroatoms. The van der Waals surface area contributed by atoms with Gasteiger partial charge in [-0.1, -0.05) is 12.1 Å². The van der Waals surface area contributed by atoms with E-state index < -0.39 is 0 Å². The van der Waals surface area contributed by atoms with Crippen LogP contribution >= 0.6 is 0 Å². The third-order valence-electron chi connectivity index (χ3n) is 3.11. The van der Waals surface area contributed by atoms with Crippen molar-refractivity contribution < 1.29 is 9.84 Å². The summed E-state index contributed by atoms with van der Waals surface area (Å²) >= 11 is 0. The van der Waals surface area contributed by atoms with Gasteiger partial charge in [0.15, 0.2) is 0 Å². The molecule has 3 N–H and O–H groups in total. The van der Waals surface area contributed by atoms with Gasteiger partial charge in [0.1, 0.15) is 5.75 Å². The Morgan fingerprint density at radius 2 is 1.88 bits per heavy atom. The van der Waals surface area contributed by atoms with Crippen LogP contribution in [0.15, 0.2) is 24.3 Å². The van der Waals surface area contributed by atoms with Crippen molar-refractivity contribution in [3.05, 3.63) is 29.8 Å². The van der Waals surface area contributed by atoms with Crippen LogP contribution in [-0.2, 0) is 0 Å². The number of ether oxygens (including phenoxy) is 1. The fraction of sp³-hybridized carbons (Fsp3) is 0.538. The maximum absolute atomic E-state index is 8.93. The molecule has 0 spiro atoms. The monoisotopic (exact) mass is 221 g/mol. The van der Waals surface area contributed by atoms with Crippen molar-refractivity contribution in [2.75, 3.05) is 6.61 Å². The lowest BCUT2D eigenvalue weighted by Crippen LogP contribution is -2.14. The van der Waals surface area contributed by atoms with Crippen LogP contribution in [0, 0.1) is 0 Å². The quantitative estimate of drug-likeness (QED) is 0.817. The molecule has 1 aromatic carbocycles. The summed E-state index contributed by atoms with van der Waals surface area (Å²) in [5.74, 6) is 0.904. The van der Waals surface area contributed by atoms with E-state index in [1.807, 2.05) is 24.3 Å². The Balaban J connectivity index is 1.96. The first-order valence-corrected chi connectivity index (χ1v) is 5.92. The Hall–Kier alpha value is -1.06. The lowest BCUT2D eigenvalue weighted by atomic mass is 10.1. The Kier molecular flexibility index (Phi) is 3.80. The molecule has 0 radical (unpaired) electrons. The van der Waals surface area contributed by atoms with E-state index in [4.69, 9.17) is 15.6 Å². The summed E-state index contributed by atoms with van der Waals surface area (Å²) in [7, 11) is 0. The van der Waals surface area contributed by atoms with Gasteiger partial charge < -0.3 is 15.6 Å². The van der Waals surface area contributed by atoms with Crippen molar-refractivity contribution in [3.8, 4) is 5.75 Å². The SMILES string of the molecule is NC(CO)c1ccc(OC2CCCC2)cc1. The smallest absolute Gasteiger partial charge is 0.119 e. The Morgan fingerprint density at radius 1 is 1.25 bits per heavy atom. The number of aliphatic hydroxyl groups excluding tert-OH is 1. The average Bonchev–Trinajstić information content (AvgIpc) is 2.82. The lowest BCUT2D eigenvalue weighted by Gasteiger charge is -2.14. The van der Waals surface area contributed by atoms with Crippen molar-refractivity contribution in [3.63, 3.8) is 0 Å². The van der Waals surface area contributed by atoms with Gasteiger partial charge in [0.2, 0.25) is 0 Å². The summed E-state index contributed by atoms with van der Waals surface area (Å²) in [4.78, 5) is 0. The second-order valence-corrected chi connectivity index (χ2v) is 4.38. The van der Waals surface area contributed by atoms with Gasteiger partial charge in [-0.05, 0) is 43.4 Å². The van der Waals surface area contributed by atoms with Gasteiger partial charge in [-0.2, -0.15) is 0 Å². The molecule has 16 heavy (non-hydrogen) atoms. The highest BCUT2D eigenvalue weighted by molar-refractivity contribution is 5.29. The summed E-state index contributed by atoms with van der Waals surface area (Å²) in [6.45, 7) is -0.0250. The van der Waals surface area contributed by atoms with Crippen LogP contribution in [0.2, 0.25) is 0 Å². The maximum Gasteiger partial charge on any atom is 0.119 e. The van der Waals surface area contributed by atoms with E-state index in [0.717, 1.165) is 24.2 Å². The number of benzene rings is 1. The molecule has 0 aliphatic heterocycles. The fourth-order valence-electron chi connectivity index (χ4n) is 2.10. The maximum atomic E-state index is 8.93. The van der Waals surface area contributed by atoms with Crippen molar-refractivity contribution in [2.24, 2.45) is 5.73 Å². The Labute approximate surface area is 96.2 Å². The van der Waals surface area contributed by atoms with Crippen LogP contribution in [0.3, 0.4) is 0 Å². The zero-order valence-electron chi connectivity index (χ0n) is 9.43.